The van der Waals surface area contributed by atoms with Crippen molar-refractivity contribution in [3.63, 3.8) is 0 Å². The van der Waals surface area contributed by atoms with E-state index in [-0.39, 0.29) is 0 Å². The van der Waals surface area contributed by atoms with Gasteiger partial charge >= 0.3 is 12.1 Å². The summed E-state index contributed by atoms with van der Waals surface area (Å²) in [5, 5.41) is 0. The molecule has 0 amide bonds. The number of hydrogen-bond donors (Lipinski definition) is 0. The zero-order valence-electron chi connectivity index (χ0n) is 7.22. The Morgan fingerprint density at radius 2 is 1.67 bits per heavy atom. The van der Waals surface area contributed by atoms with Gasteiger partial charge in [-0.3, -0.25) is 4.18 Å². The molecule has 0 aliphatic heterocycles. The van der Waals surface area contributed by atoms with Gasteiger partial charge in [-0.05, 0) is 6.42 Å². The number of alkyl halides is 5. The largest absolute Gasteiger partial charge is 0.726 e. The van der Waals surface area contributed by atoms with E-state index in [9.17, 15) is 34.9 Å². The van der Waals surface area contributed by atoms with Crippen molar-refractivity contribution in [2.24, 2.45) is 0 Å². The Labute approximate surface area is 82.0 Å². The van der Waals surface area contributed by atoms with Crippen molar-refractivity contribution in [1.82, 2.24) is 0 Å². The van der Waals surface area contributed by atoms with Gasteiger partial charge in [-0.2, -0.15) is 22.0 Å². The van der Waals surface area contributed by atoms with E-state index < -0.39 is 35.0 Å². The zero-order valence-corrected chi connectivity index (χ0v) is 8.03. The summed E-state index contributed by atoms with van der Waals surface area (Å²) in [4.78, 5) is 0. The van der Waals surface area contributed by atoms with Gasteiger partial charge in [0.2, 0.25) is 10.4 Å². The van der Waals surface area contributed by atoms with Crippen LogP contribution in [0.3, 0.4) is 0 Å². The summed E-state index contributed by atoms with van der Waals surface area (Å²) in [6.45, 7) is 0.829. The summed E-state index contributed by atoms with van der Waals surface area (Å²) in [7, 11) is -5.61. The fourth-order valence-electron chi connectivity index (χ4n) is 0.710. The quantitative estimate of drug-likeness (QED) is 0.434. The highest BCUT2D eigenvalue weighted by molar-refractivity contribution is 7.80. The van der Waals surface area contributed by atoms with Crippen LogP contribution in [0, 0.1) is 0 Å². The smallest absolute Gasteiger partial charge is 0.456 e. The van der Waals surface area contributed by atoms with E-state index in [0.717, 1.165) is 6.92 Å². The fraction of sp³-hybridized carbons (Fsp3) is 1.00. The predicted molar refractivity (Wildman–Crippen MR) is 35.9 cm³/mol. The van der Waals surface area contributed by atoms with Crippen LogP contribution in [-0.2, 0) is 14.6 Å². The lowest BCUT2D eigenvalue weighted by molar-refractivity contribution is -0.309. The van der Waals surface area contributed by atoms with Crippen molar-refractivity contribution in [3.05, 3.63) is 0 Å². The topological polar surface area (TPSA) is 66.4 Å². The van der Waals surface area contributed by atoms with E-state index in [2.05, 4.69) is 4.18 Å². The summed E-state index contributed by atoms with van der Waals surface area (Å²) < 4.78 is 92.9. The first-order chi connectivity index (χ1) is 6.42. The first-order valence-electron chi connectivity index (χ1n) is 3.50. The SMILES string of the molecule is CCC(OS(=O)(=O)[O-])C(F)(F)C(F)(F)F. The van der Waals surface area contributed by atoms with Crippen LogP contribution in [0.25, 0.3) is 0 Å². The number of rotatable bonds is 4. The molecule has 0 aliphatic rings. The van der Waals surface area contributed by atoms with Crippen LogP contribution in [0.15, 0.2) is 0 Å². The molecular formula is C5H6F5O4S-. The molecule has 0 saturated carbocycles. The van der Waals surface area contributed by atoms with Crippen molar-refractivity contribution in [2.45, 2.75) is 31.5 Å². The summed E-state index contributed by atoms with van der Waals surface area (Å²) in [6.07, 6.45) is -9.99. The lowest BCUT2D eigenvalue weighted by atomic mass is 10.1. The maximum atomic E-state index is 12.5. The molecule has 0 aromatic carbocycles. The van der Waals surface area contributed by atoms with Crippen LogP contribution in [0.1, 0.15) is 13.3 Å². The van der Waals surface area contributed by atoms with Gasteiger partial charge in [0.05, 0.1) is 0 Å². The molecule has 0 spiro atoms. The Morgan fingerprint density at radius 3 is 1.87 bits per heavy atom. The van der Waals surface area contributed by atoms with Crippen molar-refractivity contribution >= 4 is 10.4 Å². The minimum atomic E-state index is -5.97. The molecular weight excluding hydrogens is 251 g/mol. The first kappa shape index (κ1) is 14.5. The highest BCUT2D eigenvalue weighted by Gasteiger charge is 2.63. The van der Waals surface area contributed by atoms with Gasteiger partial charge < -0.3 is 4.55 Å². The lowest BCUT2D eigenvalue weighted by Gasteiger charge is -2.27. The van der Waals surface area contributed by atoms with Gasteiger partial charge in [0.25, 0.3) is 0 Å². The van der Waals surface area contributed by atoms with Gasteiger partial charge in [-0.25, -0.2) is 8.42 Å². The molecule has 0 fully saturated rings. The van der Waals surface area contributed by atoms with E-state index >= 15 is 0 Å². The maximum absolute atomic E-state index is 12.5. The molecule has 1 unspecified atom stereocenters. The molecule has 0 bridgehead atoms. The average molecular weight is 257 g/mol. The molecule has 92 valence electrons. The van der Waals surface area contributed by atoms with Crippen LogP contribution in [0.2, 0.25) is 0 Å². The van der Waals surface area contributed by atoms with Crippen molar-refractivity contribution in [3.8, 4) is 0 Å². The summed E-state index contributed by atoms with van der Waals surface area (Å²) in [5.41, 5.74) is 0. The minimum absolute atomic E-state index is 0.829. The van der Waals surface area contributed by atoms with Crippen LogP contribution in [0.5, 0.6) is 0 Å². The maximum Gasteiger partial charge on any atom is 0.456 e. The van der Waals surface area contributed by atoms with Gasteiger partial charge in [0.15, 0.2) is 0 Å². The van der Waals surface area contributed by atoms with Crippen LogP contribution < -0.4 is 0 Å². The fourth-order valence-corrected chi connectivity index (χ4v) is 1.25. The van der Waals surface area contributed by atoms with Crippen LogP contribution in [-0.4, -0.2) is 31.2 Å². The van der Waals surface area contributed by atoms with E-state index in [1.807, 2.05) is 0 Å². The summed E-state index contributed by atoms with van der Waals surface area (Å²) in [5.74, 6) is -5.39. The van der Waals surface area contributed by atoms with Crippen molar-refractivity contribution in [1.29, 1.82) is 0 Å². The third kappa shape index (κ3) is 3.87. The lowest BCUT2D eigenvalue weighted by Crippen LogP contribution is -2.48. The van der Waals surface area contributed by atoms with Crippen LogP contribution in [0.4, 0.5) is 22.0 Å². The molecule has 0 N–H and O–H groups in total. The Balaban J connectivity index is 4.98. The third-order valence-corrected chi connectivity index (χ3v) is 1.86. The Morgan fingerprint density at radius 1 is 1.27 bits per heavy atom. The van der Waals surface area contributed by atoms with Gasteiger partial charge in [-0.1, -0.05) is 6.92 Å². The Kier molecular flexibility index (Phi) is 4.05. The molecule has 0 rings (SSSR count). The molecule has 4 nitrogen and oxygen atoms in total. The second-order valence-corrected chi connectivity index (χ2v) is 3.53. The van der Waals surface area contributed by atoms with E-state index in [0.29, 0.717) is 0 Å². The molecule has 10 heteroatoms. The molecule has 1 atom stereocenters. The molecule has 0 aromatic rings. The van der Waals surface area contributed by atoms with E-state index in [1.165, 1.54) is 0 Å². The minimum Gasteiger partial charge on any atom is -0.726 e. The normalized spacial score (nSPS) is 16.5. The Hall–Kier alpha value is -0.480. The second kappa shape index (κ2) is 4.18. The van der Waals surface area contributed by atoms with Gasteiger partial charge in [-0.15, -0.1) is 0 Å². The van der Waals surface area contributed by atoms with Crippen molar-refractivity contribution < 1.29 is 39.1 Å². The molecule has 0 aliphatic carbocycles. The monoisotopic (exact) mass is 257 g/mol. The highest BCUT2D eigenvalue weighted by atomic mass is 32.3. The predicted octanol–water partition coefficient (Wildman–Crippen LogP) is 1.44. The summed E-state index contributed by atoms with van der Waals surface area (Å²) >= 11 is 0. The Bertz CT molecular complexity index is 308. The number of halogens is 5. The zero-order chi connectivity index (χ0) is 12.5. The highest BCUT2D eigenvalue weighted by Crippen LogP contribution is 2.40. The van der Waals surface area contributed by atoms with Gasteiger partial charge in [0.1, 0.15) is 6.10 Å². The second-order valence-electron chi connectivity index (χ2n) is 2.52. The average Bonchev–Trinajstić information content (AvgIpc) is 1.95. The number of hydrogen-bond acceptors (Lipinski definition) is 4. The van der Waals surface area contributed by atoms with Gasteiger partial charge in [0, 0.05) is 0 Å². The molecule has 15 heavy (non-hydrogen) atoms. The molecule has 0 radical (unpaired) electrons. The standard InChI is InChI=1S/C5H7F5O4S/c1-2-3(14-15(11,12)13)4(6,7)5(8,9)10/h3H,2H2,1H3,(H,11,12,13)/p-1. The van der Waals surface area contributed by atoms with Crippen LogP contribution >= 0.6 is 0 Å². The van der Waals surface area contributed by atoms with E-state index in [1.54, 1.807) is 0 Å². The molecule has 0 saturated heterocycles. The van der Waals surface area contributed by atoms with E-state index in [4.69, 9.17) is 0 Å². The third-order valence-electron chi connectivity index (χ3n) is 1.39. The molecule has 0 heterocycles. The van der Waals surface area contributed by atoms with Crippen molar-refractivity contribution in [2.75, 3.05) is 0 Å². The molecule has 0 aromatic heterocycles. The summed E-state index contributed by atoms with van der Waals surface area (Å²) in [6, 6.07) is 0. The first-order valence-corrected chi connectivity index (χ1v) is 4.83.